The number of hydrogen-bond donors (Lipinski definition) is 0. The topological polar surface area (TPSA) is 37.4 Å². The van der Waals surface area contributed by atoms with Gasteiger partial charge in [-0.2, -0.15) is 4.31 Å². The van der Waals surface area contributed by atoms with Crippen molar-refractivity contribution < 1.29 is 8.42 Å². The number of fused-ring (bicyclic) bond motifs is 3. The number of nitrogens with zero attached hydrogens (tertiary/aromatic N) is 1. The van der Waals surface area contributed by atoms with Crippen LogP contribution in [0, 0.1) is 0 Å². The van der Waals surface area contributed by atoms with E-state index in [2.05, 4.69) is 12.1 Å². The Kier molecular flexibility index (Phi) is 2.91. The minimum atomic E-state index is -3.31. The SMILES string of the molecule is O=S(=O)(c1ccc2c(c1)Cc1ccccc1-2)N1CCCC1. The summed E-state index contributed by atoms with van der Waals surface area (Å²) < 4.78 is 26.9. The van der Waals surface area contributed by atoms with Gasteiger partial charge in [0.15, 0.2) is 0 Å². The van der Waals surface area contributed by atoms with Crippen molar-refractivity contribution in [3.63, 3.8) is 0 Å². The standard InChI is InChI=1S/C17H17NO2S/c19-21(20,18-9-3-4-10-18)15-7-8-17-14(12-15)11-13-5-1-2-6-16(13)17/h1-2,5-8,12H,3-4,9-11H2. The van der Waals surface area contributed by atoms with E-state index in [1.165, 1.54) is 16.7 Å². The van der Waals surface area contributed by atoms with Crippen molar-refractivity contribution in [3.05, 3.63) is 53.6 Å². The van der Waals surface area contributed by atoms with E-state index in [4.69, 9.17) is 0 Å². The zero-order valence-electron chi connectivity index (χ0n) is 11.7. The summed E-state index contributed by atoms with van der Waals surface area (Å²) in [6, 6.07) is 13.9. The van der Waals surface area contributed by atoms with E-state index in [0.29, 0.717) is 18.0 Å². The lowest BCUT2D eigenvalue weighted by atomic mass is 10.1. The normalized spacial score (nSPS) is 17.7. The first kappa shape index (κ1) is 13.0. The van der Waals surface area contributed by atoms with Crippen LogP contribution in [0.3, 0.4) is 0 Å². The minimum Gasteiger partial charge on any atom is -0.207 e. The fourth-order valence-corrected chi connectivity index (χ4v) is 4.93. The fourth-order valence-electron chi connectivity index (χ4n) is 3.36. The van der Waals surface area contributed by atoms with Crippen LogP contribution in [0.15, 0.2) is 47.4 Å². The van der Waals surface area contributed by atoms with Crippen molar-refractivity contribution in [2.75, 3.05) is 13.1 Å². The Morgan fingerprint density at radius 3 is 2.38 bits per heavy atom. The summed E-state index contributed by atoms with van der Waals surface area (Å²) in [6.45, 7) is 1.30. The molecule has 0 amide bonds. The molecule has 2 aliphatic rings. The second-order valence-electron chi connectivity index (χ2n) is 5.76. The molecule has 108 valence electrons. The van der Waals surface area contributed by atoms with Crippen LogP contribution in [-0.2, 0) is 16.4 Å². The van der Waals surface area contributed by atoms with Gasteiger partial charge in [0.05, 0.1) is 4.90 Å². The molecule has 0 spiro atoms. The molecule has 4 rings (SSSR count). The molecule has 0 unspecified atom stereocenters. The molecule has 1 aliphatic carbocycles. The van der Waals surface area contributed by atoms with E-state index in [1.54, 1.807) is 10.4 Å². The molecule has 0 saturated carbocycles. The van der Waals surface area contributed by atoms with Gasteiger partial charge in [-0.1, -0.05) is 30.3 Å². The first-order valence-electron chi connectivity index (χ1n) is 7.37. The smallest absolute Gasteiger partial charge is 0.207 e. The number of rotatable bonds is 2. The molecule has 1 fully saturated rings. The van der Waals surface area contributed by atoms with Gasteiger partial charge in [-0.25, -0.2) is 8.42 Å². The van der Waals surface area contributed by atoms with Crippen LogP contribution in [-0.4, -0.2) is 25.8 Å². The first-order chi connectivity index (χ1) is 10.2. The second kappa shape index (κ2) is 4.68. The predicted molar refractivity (Wildman–Crippen MR) is 82.7 cm³/mol. The molecule has 1 heterocycles. The van der Waals surface area contributed by atoms with Crippen LogP contribution in [0.25, 0.3) is 11.1 Å². The van der Waals surface area contributed by atoms with Gasteiger partial charge in [0.2, 0.25) is 10.0 Å². The summed E-state index contributed by atoms with van der Waals surface area (Å²) in [6.07, 6.45) is 2.76. The average Bonchev–Trinajstić information content (AvgIpc) is 3.14. The summed E-state index contributed by atoms with van der Waals surface area (Å²) in [5.74, 6) is 0. The summed E-state index contributed by atoms with van der Waals surface area (Å²) >= 11 is 0. The molecule has 21 heavy (non-hydrogen) atoms. The number of hydrogen-bond acceptors (Lipinski definition) is 2. The summed E-state index contributed by atoms with van der Waals surface area (Å²) in [4.78, 5) is 0.441. The van der Waals surface area contributed by atoms with Crippen molar-refractivity contribution in [2.45, 2.75) is 24.2 Å². The van der Waals surface area contributed by atoms with Gasteiger partial charge in [-0.3, -0.25) is 0 Å². The molecule has 0 radical (unpaired) electrons. The van der Waals surface area contributed by atoms with E-state index in [-0.39, 0.29) is 0 Å². The van der Waals surface area contributed by atoms with Crippen molar-refractivity contribution in [1.82, 2.24) is 4.31 Å². The van der Waals surface area contributed by atoms with E-state index in [0.717, 1.165) is 24.8 Å². The molecule has 1 aliphatic heterocycles. The quantitative estimate of drug-likeness (QED) is 0.729. The highest BCUT2D eigenvalue weighted by Crippen LogP contribution is 2.37. The van der Waals surface area contributed by atoms with E-state index >= 15 is 0 Å². The Hall–Kier alpha value is -1.65. The summed E-state index contributed by atoms with van der Waals surface area (Å²) in [5.41, 5.74) is 4.81. The van der Waals surface area contributed by atoms with Gasteiger partial charge in [-0.15, -0.1) is 0 Å². The van der Waals surface area contributed by atoms with E-state index < -0.39 is 10.0 Å². The first-order valence-corrected chi connectivity index (χ1v) is 8.82. The van der Waals surface area contributed by atoms with Gasteiger partial charge in [-0.05, 0) is 53.6 Å². The summed E-state index contributed by atoms with van der Waals surface area (Å²) in [7, 11) is -3.31. The summed E-state index contributed by atoms with van der Waals surface area (Å²) in [5, 5.41) is 0. The van der Waals surface area contributed by atoms with Crippen LogP contribution >= 0.6 is 0 Å². The molecular weight excluding hydrogens is 282 g/mol. The molecular formula is C17H17NO2S. The Morgan fingerprint density at radius 1 is 0.857 bits per heavy atom. The van der Waals surface area contributed by atoms with Gasteiger partial charge < -0.3 is 0 Å². The van der Waals surface area contributed by atoms with Gasteiger partial charge in [0.25, 0.3) is 0 Å². The molecule has 0 aromatic heterocycles. The Bertz CT molecular complexity index is 805. The maximum Gasteiger partial charge on any atom is 0.243 e. The Morgan fingerprint density at radius 2 is 1.57 bits per heavy atom. The number of benzene rings is 2. The zero-order chi connectivity index (χ0) is 14.4. The lowest BCUT2D eigenvalue weighted by molar-refractivity contribution is 0.477. The van der Waals surface area contributed by atoms with Crippen LogP contribution in [0.2, 0.25) is 0 Å². The van der Waals surface area contributed by atoms with Crippen molar-refractivity contribution >= 4 is 10.0 Å². The van der Waals surface area contributed by atoms with E-state index in [1.807, 2.05) is 24.3 Å². The van der Waals surface area contributed by atoms with Crippen molar-refractivity contribution in [2.24, 2.45) is 0 Å². The monoisotopic (exact) mass is 299 g/mol. The molecule has 4 heteroatoms. The molecule has 0 bridgehead atoms. The average molecular weight is 299 g/mol. The molecule has 3 nitrogen and oxygen atoms in total. The number of sulfonamides is 1. The zero-order valence-corrected chi connectivity index (χ0v) is 12.6. The van der Waals surface area contributed by atoms with Crippen molar-refractivity contribution in [1.29, 1.82) is 0 Å². The lowest BCUT2D eigenvalue weighted by Crippen LogP contribution is -2.27. The largest absolute Gasteiger partial charge is 0.243 e. The lowest BCUT2D eigenvalue weighted by Gasteiger charge is -2.16. The van der Waals surface area contributed by atoms with Gasteiger partial charge in [0.1, 0.15) is 0 Å². The third-order valence-electron chi connectivity index (χ3n) is 4.47. The highest BCUT2D eigenvalue weighted by Gasteiger charge is 2.28. The van der Waals surface area contributed by atoms with Crippen LogP contribution in [0.1, 0.15) is 24.0 Å². The van der Waals surface area contributed by atoms with Crippen LogP contribution in [0.5, 0.6) is 0 Å². The maximum atomic E-state index is 12.6. The highest BCUT2D eigenvalue weighted by molar-refractivity contribution is 7.89. The third-order valence-corrected chi connectivity index (χ3v) is 6.36. The Labute approximate surface area is 125 Å². The fraction of sp³-hybridized carbons (Fsp3) is 0.294. The molecule has 0 N–H and O–H groups in total. The van der Waals surface area contributed by atoms with Crippen molar-refractivity contribution in [3.8, 4) is 11.1 Å². The predicted octanol–water partition coefficient (Wildman–Crippen LogP) is 3.04. The molecule has 1 saturated heterocycles. The van der Waals surface area contributed by atoms with Gasteiger partial charge >= 0.3 is 0 Å². The minimum absolute atomic E-state index is 0.441. The van der Waals surface area contributed by atoms with Crippen LogP contribution in [0.4, 0.5) is 0 Å². The Balaban J connectivity index is 1.77. The maximum absolute atomic E-state index is 12.6. The molecule has 2 aromatic rings. The van der Waals surface area contributed by atoms with E-state index in [9.17, 15) is 8.42 Å². The van der Waals surface area contributed by atoms with Crippen LogP contribution < -0.4 is 0 Å². The molecule has 0 atom stereocenters. The third kappa shape index (κ3) is 2.01. The highest BCUT2D eigenvalue weighted by atomic mass is 32.2. The second-order valence-corrected chi connectivity index (χ2v) is 7.70. The molecule has 2 aromatic carbocycles. The van der Waals surface area contributed by atoms with Gasteiger partial charge in [0, 0.05) is 13.1 Å².